The maximum absolute atomic E-state index is 14.2. The van der Waals surface area contributed by atoms with Crippen LogP contribution >= 0.6 is 0 Å². The first-order chi connectivity index (χ1) is 16.5. The van der Waals surface area contributed by atoms with Gasteiger partial charge in [0.15, 0.2) is 5.76 Å². The van der Waals surface area contributed by atoms with E-state index in [1.54, 1.807) is 23.1 Å². The van der Waals surface area contributed by atoms with E-state index in [1.807, 2.05) is 0 Å². The minimum atomic E-state index is -0.403. The van der Waals surface area contributed by atoms with Crippen molar-refractivity contribution in [1.82, 2.24) is 15.1 Å². The smallest absolute Gasteiger partial charge is 0.289 e. The lowest BCUT2D eigenvalue weighted by Gasteiger charge is -2.44. The number of hydrogen-bond acceptors (Lipinski definition) is 4. The van der Waals surface area contributed by atoms with Gasteiger partial charge < -0.3 is 19.9 Å². The largest absolute Gasteiger partial charge is 0.482 e. The summed E-state index contributed by atoms with van der Waals surface area (Å²) in [6, 6.07) is 6.87. The zero-order chi connectivity index (χ0) is 23.9. The van der Waals surface area contributed by atoms with E-state index in [0.717, 1.165) is 38.6 Å². The number of morpholine rings is 1. The highest BCUT2D eigenvalue weighted by Crippen LogP contribution is 2.33. The maximum atomic E-state index is 14.2. The molecule has 2 saturated carbocycles. The molecule has 3 fully saturated rings. The van der Waals surface area contributed by atoms with Gasteiger partial charge in [0.2, 0.25) is 5.91 Å². The lowest BCUT2D eigenvalue weighted by atomic mass is 9.89. The van der Waals surface area contributed by atoms with Crippen LogP contribution in [0.15, 0.2) is 30.0 Å². The molecule has 3 aliphatic rings. The predicted octanol–water partition coefficient (Wildman–Crippen LogP) is 4.11. The van der Waals surface area contributed by atoms with Crippen LogP contribution in [0.5, 0.6) is 0 Å². The third kappa shape index (κ3) is 6.17. The van der Waals surface area contributed by atoms with Crippen molar-refractivity contribution in [3.8, 4) is 0 Å². The number of fused-ring (bicyclic) bond motifs is 1. The van der Waals surface area contributed by atoms with E-state index in [1.165, 1.54) is 44.2 Å². The molecule has 2 unspecified atom stereocenters. The molecule has 6 nitrogen and oxygen atoms in total. The zero-order valence-corrected chi connectivity index (χ0v) is 20.3. The Morgan fingerprint density at radius 2 is 1.88 bits per heavy atom. The highest BCUT2D eigenvalue weighted by molar-refractivity contribution is 5.98. The molecule has 186 valence electrons. The first kappa shape index (κ1) is 24.7. The second-order valence-electron chi connectivity index (χ2n) is 9.95. The van der Waals surface area contributed by atoms with Crippen molar-refractivity contribution in [2.45, 2.75) is 82.4 Å². The van der Waals surface area contributed by atoms with Gasteiger partial charge in [0, 0.05) is 18.2 Å². The topological polar surface area (TPSA) is 61.9 Å². The molecular formula is C27H38FN3O3. The molecule has 4 rings (SSSR count). The van der Waals surface area contributed by atoms with Crippen molar-refractivity contribution in [1.29, 1.82) is 0 Å². The summed E-state index contributed by atoms with van der Waals surface area (Å²) in [4.78, 5) is 30.1. The van der Waals surface area contributed by atoms with Crippen molar-refractivity contribution < 1.29 is 18.7 Å². The summed E-state index contributed by atoms with van der Waals surface area (Å²) in [5.41, 5.74) is 0.312. The summed E-state index contributed by atoms with van der Waals surface area (Å²) in [6.07, 6.45) is 12.4. The number of carbonyl (C=O) groups excluding carboxylic acids is 2. The number of ether oxygens (including phenoxy) is 1. The Bertz CT molecular complexity index is 884. The molecule has 0 spiro atoms. The molecule has 7 heteroatoms. The molecular weight excluding hydrogens is 433 g/mol. The molecule has 0 radical (unpaired) electrons. The van der Waals surface area contributed by atoms with Gasteiger partial charge in [-0.2, -0.15) is 0 Å². The first-order valence-electron chi connectivity index (χ1n) is 12.9. The van der Waals surface area contributed by atoms with E-state index in [9.17, 15) is 14.0 Å². The molecule has 2 aliphatic carbocycles. The van der Waals surface area contributed by atoms with Gasteiger partial charge in [0.05, 0.1) is 6.04 Å². The highest BCUT2D eigenvalue weighted by Gasteiger charge is 2.42. The van der Waals surface area contributed by atoms with Gasteiger partial charge in [0.1, 0.15) is 18.5 Å². The molecule has 0 aromatic heterocycles. The summed E-state index contributed by atoms with van der Waals surface area (Å²) < 4.78 is 20.2. The van der Waals surface area contributed by atoms with E-state index in [2.05, 4.69) is 17.3 Å². The Morgan fingerprint density at radius 3 is 2.68 bits per heavy atom. The van der Waals surface area contributed by atoms with Crippen LogP contribution in [-0.4, -0.2) is 66.5 Å². The number of nitrogens with one attached hydrogen (secondary N) is 1. The van der Waals surface area contributed by atoms with Crippen LogP contribution in [0.4, 0.5) is 4.39 Å². The highest BCUT2D eigenvalue weighted by atomic mass is 19.1. The van der Waals surface area contributed by atoms with Crippen LogP contribution < -0.4 is 5.32 Å². The molecule has 1 aliphatic heterocycles. The van der Waals surface area contributed by atoms with Crippen LogP contribution in [-0.2, 0) is 14.3 Å². The molecule has 0 bridgehead atoms. The molecule has 2 atom stereocenters. The summed E-state index contributed by atoms with van der Waals surface area (Å²) in [5.74, 6) is -0.765. The number of rotatable bonds is 8. The Kier molecular flexibility index (Phi) is 8.59. The van der Waals surface area contributed by atoms with E-state index in [4.69, 9.17) is 4.74 Å². The van der Waals surface area contributed by atoms with Gasteiger partial charge in [-0.3, -0.25) is 9.59 Å². The Morgan fingerprint density at radius 1 is 1.15 bits per heavy atom. The summed E-state index contributed by atoms with van der Waals surface area (Å²) in [5, 5.41) is 3.00. The monoisotopic (exact) mass is 471 g/mol. The van der Waals surface area contributed by atoms with Gasteiger partial charge >= 0.3 is 0 Å². The minimum Gasteiger partial charge on any atom is -0.482 e. The molecule has 1 aromatic carbocycles. The van der Waals surface area contributed by atoms with Crippen LogP contribution in [0.3, 0.4) is 0 Å². The molecule has 1 heterocycles. The maximum Gasteiger partial charge on any atom is 0.289 e. The molecule has 1 saturated heterocycles. The normalized spacial score (nSPS) is 24.7. The summed E-state index contributed by atoms with van der Waals surface area (Å²) in [7, 11) is 2.18. The third-order valence-corrected chi connectivity index (χ3v) is 7.53. The number of nitrogens with zero attached hydrogens (tertiary/aromatic N) is 2. The number of carbonyl (C=O) groups is 2. The fourth-order valence-electron chi connectivity index (χ4n) is 5.57. The summed E-state index contributed by atoms with van der Waals surface area (Å²) >= 11 is 0. The average molecular weight is 472 g/mol. The van der Waals surface area contributed by atoms with E-state index < -0.39 is 5.82 Å². The van der Waals surface area contributed by atoms with Crippen molar-refractivity contribution in [2.24, 2.45) is 0 Å². The standard InChI is InChI=1S/C27H38FN3O3/c1-30(21-11-3-2-4-12-21)17-9-16-29-26(32)19-31-23-14-7-8-15-24(23)34-25(27(31)33)18-20-10-5-6-13-22(20)28/h5-6,10,13,18,21,23-24H,2-4,7-9,11-12,14-17,19H2,1H3,(H,29,32)/b25-18-. The van der Waals surface area contributed by atoms with Crippen molar-refractivity contribution in [2.75, 3.05) is 26.7 Å². The molecule has 34 heavy (non-hydrogen) atoms. The van der Waals surface area contributed by atoms with E-state index in [0.29, 0.717) is 18.2 Å². The fraction of sp³-hybridized carbons (Fsp3) is 0.630. The lowest BCUT2D eigenvalue weighted by molar-refractivity contribution is -0.151. The van der Waals surface area contributed by atoms with Gasteiger partial charge in [0.25, 0.3) is 5.91 Å². The lowest BCUT2D eigenvalue weighted by Crippen LogP contribution is -2.57. The minimum absolute atomic E-state index is 0.0104. The van der Waals surface area contributed by atoms with Crippen LogP contribution in [0.25, 0.3) is 6.08 Å². The summed E-state index contributed by atoms with van der Waals surface area (Å²) in [6.45, 7) is 1.57. The van der Waals surface area contributed by atoms with Crippen LogP contribution in [0.2, 0.25) is 0 Å². The fourth-order valence-corrected chi connectivity index (χ4v) is 5.57. The zero-order valence-electron chi connectivity index (χ0n) is 20.3. The first-order valence-corrected chi connectivity index (χ1v) is 12.9. The number of hydrogen-bond donors (Lipinski definition) is 1. The van der Waals surface area contributed by atoms with E-state index in [-0.39, 0.29) is 36.3 Å². The Balaban J connectivity index is 1.33. The van der Waals surface area contributed by atoms with Crippen molar-refractivity contribution >= 4 is 17.9 Å². The Labute approximate surface area is 202 Å². The van der Waals surface area contributed by atoms with E-state index >= 15 is 0 Å². The SMILES string of the molecule is CN(CCCNC(=O)CN1C(=O)/C(=C/c2ccccc2F)OC2CCCCC21)C1CCCCC1. The second kappa shape index (κ2) is 11.8. The van der Waals surface area contributed by atoms with Gasteiger partial charge in [-0.05, 0) is 64.3 Å². The molecule has 2 amide bonds. The van der Waals surface area contributed by atoms with Crippen LogP contribution in [0, 0.1) is 5.82 Å². The average Bonchev–Trinajstić information content (AvgIpc) is 2.86. The molecule has 1 N–H and O–H groups in total. The van der Waals surface area contributed by atoms with Crippen molar-refractivity contribution in [3.05, 3.63) is 41.4 Å². The predicted molar refractivity (Wildman–Crippen MR) is 130 cm³/mol. The van der Waals surface area contributed by atoms with Crippen molar-refractivity contribution in [3.63, 3.8) is 0 Å². The Hall–Kier alpha value is -2.41. The third-order valence-electron chi connectivity index (χ3n) is 7.53. The van der Waals surface area contributed by atoms with Gasteiger partial charge in [-0.1, -0.05) is 43.9 Å². The van der Waals surface area contributed by atoms with Gasteiger partial charge in [-0.15, -0.1) is 0 Å². The van der Waals surface area contributed by atoms with Crippen LogP contribution in [0.1, 0.15) is 69.8 Å². The van der Waals surface area contributed by atoms with Gasteiger partial charge in [-0.25, -0.2) is 4.39 Å². The second-order valence-corrected chi connectivity index (χ2v) is 9.95. The number of benzene rings is 1. The number of amides is 2. The number of halogens is 1. The molecule has 1 aromatic rings. The quantitative estimate of drug-likeness (QED) is 0.458.